The lowest BCUT2D eigenvalue weighted by atomic mass is 10.2. The minimum atomic E-state index is -3.73. The van der Waals surface area contributed by atoms with Gasteiger partial charge in [0.25, 0.3) is 0 Å². The number of anilines is 2. The number of rotatable bonds is 4. The van der Waals surface area contributed by atoms with Crippen LogP contribution in [0.1, 0.15) is 5.56 Å². The van der Waals surface area contributed by atoms with Crippen molar-refractivity contribution in [3.05, 3.63) is 60.2 Å². The number of nitrogens with two attached hydrogens (primary N) is 2. The molecule has 22 heavy (non-hydrogen) atoms. The average molecular weight is 317 g/mol. The van der Waals surface area contributed by atoms with Crippen molar-refractivity contribution in [2.24, 2.45) is 5.14 Å². The molecule has 6 nitrogen and oxygen atoms in total. The summed E-state index contributed by atoms with van der Waals surface area (Å²) in [7, 11) is -3.73. The van der Waals surface area contributed by atoms with Crippen LogP contribution in [0.15, 0.2) is 59.5 Å². The molecular formula is C15H15N3O3S. The molecule has 0 heterocycles. The number of nitrogens with one attached hydrogen (secondary N) is 1. The molecule has 0 bridgehead atoms. The van der Waals surface area contributed by atoms with Gasteiger partial charge in [0.15, 0.2) is 0 Å². The number of benzene rings is 2. The second-order valence-corrected chi connectivity index (χ2v) is 6.12. The molecule has 2 aromatic rings. The van der Waals surface area contributed by atoms with Gasteiger partial charge in [-0.1, -0.05) is 12.1 Å². The van der Waals surface area contributed by atoms with Crippen molar-refractivity contribution in [3.63, 3.8) is 0 Å². The van der Waals surface area contributed by atoms with Gasteiger partial charge in [-0.05, 0) is 48.0 Å². The summed E-state index contributed by atoms with van der Waals surface area (Å²) in [6, 6.07) is 12.7. The molecule has 0 spiro atoms. The van der Waals surface area contributed by atoms with E-state index < -0.39 is 10.0 Å². The minimum Gasteiger partial charge on any atom is -0.399 e. The van der Waals surface area contributed by atoms with Crippen molar-refractivity contribution >= 4 is 33.4 Å². The number of primary sulfonamides is 1. The van der Waals surface area contributed by atoms with Gasteiger partial charge < -0.3 is 11.1 Å². The summed E-state index contributed by atoms with van der Waals surface area (Å²) in [5, 5.41) is 7.61. The lowest BCUT2D eigenvalue weighted by molar-refractivity contribution is -0.111. The molecule has 0 aliphatic carbocycles. The summed E-state index contributed by atoms with van der Waals surface area (Å²) in [6.07, 6.45) is 3.02. The Morgan fingerprint density at radius 3 is 2.14 bits per heavy atom. The van der Waals surface area contributed by atoms with E-state index in [0.717, 1.165) is 5.56 Å². The first-order chi connectivity index (χ1) is 10.3. The summed E-state index contributed by atoms with van der Waals surface area (Å²) in [5.74, 6) is -0.333. The Hall–Kier alpha value is -2.64. The molecular weight excluding hydrogens is 302 g/mol. The maximum absolute atomic E-state index is 11.8. The van der Waals surface area contributed by atoms with E-state index in [1.807, 2.05) is 0 Å². The molecule has 114 valence electrons. The van der Waals surface area contributed by atoms with Crippen LogP contribution in [0.2, 0.25) is 0 Å². The van der Waals surface area contributed by atoms with E-state index in [1.54, 1.807) is 30.3 Å². The minimum absolute atomic E-state index is 0.0112. The van der Waals surface area contributed by atoms with Crippen molar-refractivity contribution in [1.82, 2.24) is 0 Å². The second kappa shape index (κ2) is 6.42. The fourth-order valence-corrected chi connectivity index (χ4v) is 2.21. The van der Waals surface area contributed by atoms with Crippen molar-refractivity contribution in [2.75, 3.05) is 11.1 Å². The van der Waals surface area contributed by atoms with Gasteiger partial charge >= 0.3 is 0 Å². The van der Waals surface area contributed by atoms with Crippen LogP contribution in [0.3, 0.4) is 0 Å². The molecule has 0 radical (unpaired) electrons. The maximum atomic E-state index is 11.8. The smallest absolute Gasteiger partial charge is 0.248 e. The second-order valence-electron chi connectivity index (χ2n) is 4.56. The van der Waals surface area contributed by atoms with Crippen LogP contribution < -0.4 is 16.2 Å². The Morgan fingerprint density at radius 1 is 1.00 bits per heavy atom. The number of hydrogen-bond acceptors (Lipinski definition) is 4. The van der Waals surface area contributed by atoms with E-state index in [1.165, 1.54) is 30.3 Å². The Balaban J connectivity index is 2.01. The third kappa shape index (κ3) is 4.44. The first kappa shape index (κ1) is 15.7. The highest BCUT2D eigenvalue weighted by Gasteiger charge is 2.07. The van der Waals surface area contributed by atoms with Gasteiger partial charge in [0.2, 0.25) is 15.9 Å². The lowest BCUT2D eigenvalue weighted by Gasteiger charge is -2.03. The molecule has 0 fully saturated rings. The Labute approximate surface area is 128 Å². The van der Waals surface area contributed by atoms with E-state index in [9.17, 15) is 13.2 Å². The molecule has 1 amide bonds. The van der Waals surface area contributed by atoms with E-state index in [0.29, 0.717) is 11.4 Å². The number of carbonyl (C=O) groups excluding carboxylic acids is 1. The molecule has 0 aliphatic heterocycles. The Bertz CT molecular complexity index is 795. The summed E-state index contributed by atoms with van der Waals surface area (Å²) < 4.78 is 22.2. The molecule has 2 rings (SSSR count). The van der Waals surface area contributed by atoms with E-state index in [-0.39, 0.29) is 10.8 Å². The van der Waals surface area contributed by atoms with Crippen molar-refractivity contribution < 1.29 is 13.2 Å². The van der Waals surface area contributed by atoms with Crippen LogP contribution >= 0.6 is 0 Å². The number of nitrogen functional groups attached to an aromatic ring is 1. The predicted octanol–water partition coefficient (Wildman–Crippen LogP) is 1.57. The van der Waals surface area contributed by atoms with Crippen LogP contribution in [0, 0.1) is 0 Å². The van der Waals surface area contributed by atoms with Crippen LogP contribution in [0.25, 0.3) is 6.08 Å². The molecule has 7 heteroatoms. The van der Waals surface area contributed by atoms with Gasteiger partial charge in [0, 0.05) is 17.5 Å². The number of hydrogen-bond donors (Lipinski definition) is 3. The monoisotopic (exact) mass is 317 g/mol. The number of sulfonamides is 1. The van der Waals surface area contributed by atoms with Crippen LogP contribution in [0.4, 0.5) is 11.4 Å². The quantitative estimate of drug-likeness (QED) is 0.586. The third-order valence-electron chi connectivity index (χ3n) is 2.81. The van der Waals surface area contributed by atoms with Gasteiger partial charge in [0.1, 0.15) is 0 Å². The molecule has 0 saturated carbocycles. The van der Waals surface area contributed by atoms with E-state index in [4.69, 9.17) is 10.9 Å². The molecule has 5 N–H and O–H groups in total. The van der Waals surface area contributed by atoms with Gasteiger partial charge in [-0.25, -0.2) is 13.6 Å². The normalized spacial score (nSPS) is 11.5. The van der Waals surface area contributed by atoms with Gasteiger partial charge in [-0.2, -0.15) is 0 Å². The highest BCUT2D eigenvalue weighted by Crippen LogP contribution is 2.13. The largest absolute Gasteiger partial charge is 0.399 e. The Morgan fingerprint density at radius 2 is 1.59 bits per heavy atom. The Kier molecular flexibility index (Phi) is 4.59. The summed E-state index contributed by atoms with van der Waals surface area (Å²) >= 11 is 0. The van der Waals surface area contributed by atoms with Crippen molar-refractivity contribution in [2.45, 2.75) is 4.90 Å². The van der Waals surface area contributed by atoms with Gasteiger partial charge in [-0.3, -0.25) is 4.79 Å². The number of carbonyl (C=O) groups is 1. The standard InChI is InChI=1S/C15H15N3O3S/c16-12-4-1-11(2-5-12)3-10-15(19)18-13-6-8-14(9-7-13)22(17,20)21/h1-10H,16H2,(H,18,19)(H2,17,20,21)/b10-3+. The summed E-state index contributed by atoms with van der Waals surface area (Å²) in [5.41, 5.74) is 7.54. The van der Waals surface area contributed by atoms with Crippen molar-refractivity contribution in [3.8, 4) is 0 Å². The first-order valence-electron chi connectivity index (χ1n) is 6.32. The molecule has 0 aliphatic rings. The fraction of sp³-hybridized carbons (Fsp3) is 0. The van der Waals surface area contributed by atoms with Crippen molar-refractivity contribution in [1.29, 1.82) is 0 Å². The summed E-state index contributed by atoms with van der Waals surface area (Å²) in [6.45, 7) is 0. The maximum Gasteiger partial charge on any atom is 0.248 e. The highest BCUT2D eigenvalue weighted by atomic mass is 32.2. The fourth-order valence-electron chi connectivity index (χ4n) is 1.69. The van der Waals surface area contributed by atoms with Gasteiger partial charge in [-0.15, -0.1) is 0 Å². The first-order valence-corrected chi connectivity index (χ1v) is 7.87. The molecule has 0 unspecified atom stereocenters. The SMILES string of the molecule is Nc1ccc(/C=C/C(=O)Nc2ccc(S(N)(=O)=O)cc2)cc1. The average Bonchev–Trinajstić information content (AvgIpc) is 2.46. The molecule has 2 aromatic carbocycles. The molecule has 0 saturated heterocycles. The van der Waals surface area contributed by atoms with E-state index >= 15 is 0 Å². The molecule has 0 aromatic heterocycles. The predicted molar refractivity (Wildman–Crippen MR) is 86.3 cm³/mol. The van der Waals surface area contributed by atoms with E-state index in [2.05, 4.69) is 5.32 Å². The zero-order valence-corrected chi connectivity index (χ0v) is 12.4. The van der Waals surface area contributed by atoms with Gasteiger partial charge in [0.05, 0.1) is 4.90 Å². The van der Waals surface area contributed by atoms with Crippen LogP contribution in [-0.4, -0.2) is 14.3 Å². The van der Waals surface area contributed by atoms with Crippen LogP contribution in [0.5, 0.6) is 0 Å². The van der Waals surface area contributed by atoms with Crippen LogP contribution in [-0.2, 0) is 14.8 Å². The summed E-state index contributed by atoms with van der Waals surface area (Å²) in [4.78, 5) is 11.8. The topological polar surface area (TPSA) is 115 Å². The zero-order valence-electron chi connectivity index (χ0n) is 11.6. The lowest BCUT2D eigenvalue weighted by Crippen LogP contribution is -2.12. The highest BCUT2D eigenvalue weighted by molar-refractivity contribution is 7.89. The molecule has 0 atom stereocenters. The number of amides is 1. The third-order valence-corrected chi connectivity index (χ3v) is 3.74. The zero-order chi connectivity index (χ0) is 16.2.